The third-order valence-electron chi connectivity index (χ3n) is 10.5. The molecule has 0 spiro atoms. The summed E-state index contributed by atoms with van der Waals surface area (Å²) in [5.41, 5.74) is 14.5. The van der Waals surface area contributed by atoms with Crippen LogP contribution in [-0.4, -0.2) is 93.8 Å². The van der Waals surface area contributed by atoms with Crippen molar-refractivity contribution in [1.82, 2.24) is 38.8 Å². The Balaban J connectivity index is 1.20. The Labute approximate surface area is 368 Å². The Morgan fingerprint density at radius 1 is 0.859 bits per heavy atom. The second-order valence-corrected chi connectivity index (χ2v) is 16.5. The molecular weight excluding hydrogens is 825 g/mol. The quantitative estimate of drug-likeness (QED) is 0.0896. The van der Waals surface area contributed by atoms with Crippen molar-refractivity contribution in [2.45, 2.75) is 86.5 Å². The fraction of sp³-hybridized carbons (Fsp3) is 0.386. The number of ether oxygens (including phenoxy) is 2. The number of hydrogen-bond donors (Lipinski definition) is 4. The topological polar surface area (TPSA) is 263 Å². The lowest BCUT2D eigenvalue weighted by Gasteiger charge is -2.39. The number of allylic oxidation sites excluding steroid dienone is 2. The molecule has 0 bridgehead atoms. The maximum absolute atomic E-state index is 13.7. The number of primary amides is 2. The van der Waals surface area contributed by atoms with Gasteiger partial charge in [0.2, 0.25) is 29.5 Å². The molecule has 2 aromatic carbocycles. The van der Waals surface area contributed by atoms with Gasteiger partial charge in [0.05, 0.1) is 34.5 Å². The van der Waals surface area contributed by atoms with Gasteiger partial charge in [0.1, 0.15) is 22.6 Å². The summed E-state index contributed by atoms with van der Waals surface area (Å²) in [5, 5.41) is 10.2. The Hall–Kier alpha value is -7.51. The summed E-state index contributed by atoms with van der Waals surface area (Å²) in [6, 6.07) is 9.61. The summed E-state index contributed by atoms with van der Waals surface area (Å²) >= 11 is 0. The maximum atomic E-state index is 13.7. The predicted molar refractivity (Wildman–Crippen MR) is 236 cm³/mol. The van der Waals surface area contributed by atoms with E-state index in [0.29, 0.717) is 83.3 Å². The molecule has 7 rings (SSSR count). The van der Waals surface area contributed by atoms with Crippen LogP contribution in [0.5, 0.6) is 5.75 Å². The fourth-order valence-electron chi connectivity index (χ4n) is 7.42. The number of fused-ring (bicyclic) bond motifs is 2. The molecule has 1 aliphatic rings. The van der Waals surface area contributed by atoms with E-state index < -0.39 is 29.2 Å². The number of benzene rings is 2. The molecule has 5 amide bonds. The van der Waals surface area contributed by atoms with Crippen LogP contribution in [0.1, 0.15) is 100 Å². The van der Waals surface area contributed by atoms with Gasteiger partial charge in [-0.1, -0.05) is 19.1 Å². The first-order chi connectivity index (χ1) is 30.4. The van der Waals surface area contributed by atoms with Crippen molar-refractivity contribution in [2.24, 2.45) is 17.4 Å². The van der Waals surface area contributed by atoms with Gasteiger partial charge in [0.15, 0.2) is 5.89 Å². The van der Waals surface area contributed by atoms with Crippen LogP contribution in [0.25, 0.3) is 22.1 Å². The highest BCUT2D eigenvalue weighted by atomic mass is 16.6. The number of aryl methyl sites for hydroxylation is 4. The van der Waals surface area contributed by atoms with E-state index in [4.69, 9.17) is 30.3 Å². The lowest BCUT2D eigenvalue weighted by Crippen LogP contribution is -2.51. The number of anilines is 2. The highest BCUT2D eigenvalue weighted by molar-refractivity contribution is 6.05. The molecule has 0 unspecified atom stereocenters. The number of nitrogens with one attached hydrogen (secondary N) is 2. The lowest BCUT2D eigenvalue weighted by molar-refractivity contribution is -0.00383. The van der Waals surface area contributed by atoms with Crippen LogP contribution in [0.3, 0.4) is 0 Å². The van der Waals surface area contributed by atoms with Gasteiger partial charge in [0.25, 0.3) is 11.8 Å². The monoisotopic (exact) mass is 876 g/mol. The molecule has 5 heterocycles. The third-order valence-corrected chi connectivity index (χ3v) is 10.5. The largest absolute Gasteiger partial charge is 0.491 e. The molecule has 64 heavy (non-hydrogen) atoms. The summed E-state index contributed by atoms with van der Waals surface area (Å²) < 4.78 is 22.6. The number of oxazole rings is 1. The minimum absolute atomic E-state index is 0.0440. The Morgan fingerprint density at radius 2 is 1.52 bits per heavy atom. The van der Waals surface area contributed by atoms with Crippen molar-refractivity contribution in [3.63, 3.8) is 0 Å². The number of hydrogen-bond acceptors (Lipinski definition) is 12. The summed E-state index contributed by atoms with van der Waals surface area (Å²) in [6.07, 6.45) is 4.36. The molecule has 20 nitrogen and oxygen atoms in total. The maximum Gasteiger partial charge on any atom is 0.410 e. The van der Waals surface area contributed by atoms with Crippen molar-refractivity contribution in [1.29, 1.82) is 0 Å². The number of aromatic nitrogens is 7. The Bertz CT molecular complexity index is 2820. The number of carbonyl (C=O) groups is 5. The van der Waals surface area contributed by atoms with Crippen LogP contribution in [0.15, 0.2) is 53.0 Å². The standard InChI is InChI=1S/C44H52N12O8/c1-8-29-36(63-25(4)47-29)40(60)51-42-49-31-20-28(38(46)58)21-34(62-17-14-26-22-53(23-26)43(61)64-44(5,6)7)35(31)55(42)16-11-10-15-54-32-13-12-27(37(45)57)19-30(32)48-41(54)50-39(59)33-18-24(3)52-56(33)9-2/h10-13,18-21,26H,8-9,14-17,22-23H2,1-7H3,(H2,45,57)(H2,46,58)(H,48,50,59)(H,49,51,60)/b11-10+. The molecule has 4 aromatic heterocycles. The van der Waals surface area contributed by atoms with Crippen molar-refractivity contribution in [3.8, 4) is 5.75 Å². The van der Waals surface area contributed by atoms with E-state index in [0.717, 1.165) is 0 Å². The molecule has 0 aliphatic carbocycles. The molecule has 1 fully saturated rings. The SMILES string of the molecule is CCc1nc(C)oc1C(=O)Nc1nc2cc(C(N)=O)cc(OCCC3CN(C(=O)OC(C)(C)C)C3)c2n1C/C=C/Cn1c(NC(=O)c2cc(C)nn2CC)nc2cc(C(N)=O)ccc21. The number of nitrogens with two attached hydrogens (primary N) is 2. The van der Waals surface area contributed by atoms with E-state index in [2.05, 4.69) is 25.7 Å². The van der Waals surface area contributed by atoms with E-state index in [1.54, 1.807) is 62.9 Å². The zero-order chi connectivity index (χ0) is 46.0. The predicted octanol–water partition coefficient (Wildman–Crippen LogP) is 5.36. The van der Waals surface area contributed by atoms with Gasteiger partial charge >= 0.3 is 6.09 Å². The summed E-state index contributed by atoms with van der Waals surface area (Å²) in [5.74, 6) is -1.12. The number of likely N-dealkylation sites (tertiary alicyclic amines) is 1. The van der Waals surface area contributed by atoms with Crippen LogP contribution in [0, 0.1) is 19.8 Å². The molecule has 6 aromatic rings. The summed E-state index contributed by atoms with van der Waals surface area (Å²) in [7, 11) is 0. The van der Waals surface area contributed by atoms with Gasteiger partial charge in [-0.3, -0.25) is 34.5 Å². The van der Waals surface area contributed by atoms with Crippen LogP contribution in [0.4, 0.5) is 16.7 Å². The van der Waals surface area contributed by atoms with Gasteiger partial charge in [-0.05, 0) is 89.8 Å². The Morgan fingerprint density at radius 3 is 2.19 bits per heavy atom. The highest BCUT2D eigenvalue weighted by Gasteiger charge is 2.34. The van der Waals surface area contributed by atoms with E-state index >= 15 is 0 Å². The number of carbonyl (C=O) groups excluding carboxylic acids is 5. The molecule has 6 N–H and O–H groups in total. The first kappa shape index (κ1) is 44.5. The van der Waals surface area contributed by atoms with Gasteiger partial charge in [0, 0.05) is 50.8 Å². The molecule has 20 heteroatoms. The average molecular weight is 877 g/mol. The average Bonchev–Trinajstić information content (AvgIpc) is 3.98. The normalized spacial score (nSPS) is 13.1. The van der Waals surface area contributed by atoms with Crippen molar-refractivity contribution >= 4 is 63.7 Å². The van der Waals surface area contributed by atoms with Gasteiger partial charge in [-0.2, -0.15) is 5.10 Å². The number of rotatable bonds is 16. The number of amides is 5. The van der Waals surface area contributed by atoms with E-state index in [9.17, 15) is 24.0 Å². The molecule has 0 atom stereocenters. The minimum Gasteiger partial charge on any atom is -0.491 e. The molecule has 1 saturated heterocycles. The first-order valence-electron chi connectivity index (χ1n) is 21.0. The molecular formula is C44H52N12O8. The number of imidazole rings is 2. The van der Waals surface area contributed by atoms with Crippen LogP contribution in [-0.2, 0) is 30.8 Å². The minimum atomic E-state index is -0.698. The van der Waals surface area contributed by atoms with Gasteiger partial charge in [-0.25, -0.2) is 19.7 Å². The number of nitrogens with zero attached hydrogens (tertiary/aromatic N) is 8. The highest BCUT2D eigenvalue weighted by Crippen LogP contribution is 2.33. The Kier molecular flexibility index (Phi) is 12.6. The second kappa shape index (κ2) is 18.1. The van der Waals surface area contributed by atoms with Crippen molar-refractivity contribution in [2.75, 3.05) is 30.3 Å². The van der Waals surface area contributed by atoms with Gasteiger partial charge < -0.3 is 39.4 Å². The lowest BCUT2D eigenvalue weighted by atomic mass is 9.97. The summed E-state index contributed by atoms with van der Waals surface area (Å²) in [6.45, 7) is 14.8. The molecule has 1 aliphatic heterocycles. The summed E-state index contributed by atoms with van der Waals surface area (Å²) in [4.78, 5) is 79.8. The molecule has 336 valence electrons. The molecule has 0 saturated carbocycles. The fourth-order valence-corrected chi connectivity index (χ4v) is 7.42. The van der Waals surface area contributed by atoms with Crippen LogP contribution < -0.4 is 26.8 Å². The van der Waals surface area contributed by atoms with E-state index in [-0.39, 0.29) is 60.5 Å². The van der Waals surface area contributed by atoms with Crippen molar-refractivity contribution in [3.05, 3.63) is 88.4 Å². The third kappa shape index (κ3) is 9.59. The second-order valence-electron chi connectivity index (χ2n) is 16.5. The van der Waals surface area contributed by atoms with E-state index in [1.165, 1.54) is 6.07 Å². The zero-order valence-corrected chi connectivity index (χ0v) is 36.9. The van der Waals surface area contributed by atoms with Gasteiger partial charge in [-0.15, -0.1) is 0 Å². The smallest absolute Gasteiger partial charge is 0.410 e. The van der Waals surface area contributed by atoms with Crippen LogP contribution in [0.2, 0.25) is 0 Å². The first-order valence-corrected chi connectivity index (χ1v) is 21.0. The van der Waals surface area contributed by atoms with E-state index in [1.807, 2.05) is 46.8 Å². The van der Waals surface area contributed by atoms with Crippen LogP contribution >= 0.6 is 0 Å². The zero-order valence-electron chi connectivity index (χ0n) is 36.9. The van der Waals surface area contributed by atoms with Crippen molar-refractivity contribution < 1.29 is 37.9 Å². The molecule has 0 radical (unpaired) electrons.